The van der Waals surface area contributed by atoms with E-state index in [1.165, 1.54) is 48.8 Å². The van der Waals surface area contributed by atoms with Gasteiger partial charge in [-0.05, 0) is 24.3 Å². The fraction of sp³-hybridized carbons (Fsp3) is 0.188. The maximum atomic E-state index is 13.5. The average Bonchev–Trinajstić information content (AvgIpc) is 2.95. The lowest BCUT2D eigenvalue weighted by Crippen LogP contribution is -2.54. The zero-order valence-corrected chi connectivity index (χ0v) is 13.3. The number of pyridine rings is 1. The first-order chi connectivity index (χ1) is 11.7. The highest BCUT2D eigenvalue weighted by atomic mass is 35.5. The number of aliphatic hydroxyl groups is 1. The normalized spacial score (nSPS) is 20.5. The van der Waals surface area contributed by atoms with Crippen LogP contribution < -0.4 is 0 Å². The van der Waals surface area contributed by atoms with Crippen molar-refractivity contribution in [1.29, 1.82) is 0 Å². The van der Waals surface area contributed by atoms with Gasteiger partial charge in [-0.1, -0.05) is 23.7 Å². The Balaban J connectivity index is 2.04. The maximum Gasteiger partial charge on any atom is 0.424 e. The smallest absolute Gasteiger partial charge is 0.374 e. The molecule has 0 saturated carbocycles. The summed E-state index contributed by atoms with van der Waals surface area (Å²) in [4.78, 5) is 16.1. The fourth-order valence-corrected chi connectivity index (χ4v) is 2.54. The fourth-order valence-electron chi connectivity index (χ4n) is 2.41. The number of hydrogen-bond donors (Lipinski definition) is 1. The first-order valence-corrected chi connectivity index (χ1v) is 7.46. The standard InChI is InChI=1S/C16H11ClF3N3O2/c17-12-5-3-10(4-6-12)13-15(25,16(18,19)20)9-23(22-13)14(24)11-2-1-7-21-8-11/h1-8,25H,9H2. The minimum Gasteiger partial charge on any atom is -0.374 e. The summed E-state index contributed by atoms with van der Waals surface area (Å²) in [5.41, 5.74) is -3.86. The largest absolute Gasteiger partial charge is 0.424 e. The Hall–Kier alpha value is -2.45. The van der Waals surface area contributed by atoms with Crippen LogP contribution in [0.1, 0.15) is 15.9 Å². The van der Waals surface area contributed by atoms with Crippen LogP contribution in [-0.4, -0.2) is 45.0 Å². The number of carbonyl (C=O) groups is 1. The first-order valence-electron chi connectivity index (χ1n) is 7.08. The van der Waals surface area contributed by atoms with Gasteiger partial charge in [0.25, 0.3) is 5.91 Å². The number of benzene rings is 1. The highest BCUT2D eigenvalue weighted by Gasteiger charge is 2.62. The second kappa shape index (κ2) is 6.12. The van der Waals surface area contributed by atoms with E-state index in [0.717, 1.165) is 0 Å². The molecule has 0 aliphatic carbocycles. The molecule has 5 nitrogen and oxygen atoms in total. The van der Waals surface area contributed by atoms with Gasteiger partial charge >= 0.3 is 6.18 Å². The Morgan fingerprint density at radius 2 is 1.92 bits per heavy atom. The van der Waals surface area contributed by atoms with Crippen molar-refractivity contribution in [2.45, 2.75) is 11.8 Å². The van der Waals surface area contributed by atoms with Crippen molar-refractivity contribution in [1.82, 2.24) is 9.99 Å². The van der Waals surface area contributed by atoms with Gasteiger partial charge in [0.2, 0.25) is 5.60 Å². The van der Waals surface area contributed by atoms with Gasteiger partial charge in [-0.2, -0.15) is 18.3 Å². The van der Waals surface area contributed by atoms with E-state index in [2.05, 4.69) is 10.1 Å². The molecule has 1 aromatic heterocycles. The van der Waals surface area contributed by atoms with Crippen molar-refractivity contribution in [3.8, 4) is 0 Å². The van der Waals surface area contributed by atoms with Crippen LogP contribution in [0.3, 0.4) is 0 Å². The molecule has 0 saturated heterocycles. The summed E-state index contributed by atoms with van der Waals surface area (Å²) in [6.45, 7) is -1.04. The lowest BCUT2D eigenvalue weighted by atomic mass is 9.92. The summed E-state index contributed by atoms with van der Waals surface area (Å²) in [5.74, 6) is -0.792. The van der Waals surface area contributed by atoms with E-state index >= 15 is 0 Å². The van der Waals surface area contributed by atoms with Crippen molar-refractivity contribution < 1.29 is 23.1 Å². The third-order valence-electron chi connectivity index (χ3n) is 3.72. The van der Waals surface area contributed by atoms with E-state index in [1.54, 1.807) is 0 Å². The zero-order valence-electron chi connectivity index (χ0n) is 12.5. The molecule has 1 amide bonds. The average molecular weight is 370 g/mol. The Labute approximate surface area is 145 Å². The Bertz CT molecular complexity index is 825. The summed E-state index contributed by atoms with van der Waals surface area (Å²) < 4.78 is 40.5. The molecule has 1 aliphatic rings. The van der Waals surface area contributed by atoms with Gasteiger partial charge in [0.15, 0.2) is 0 Å². The Morgan fingerprint density at radius 3 is 2.48 bits per heavy atom. The topological polar surface area (TPSA) is 65.8 Å². The number of rotatable bonds is 2. The van der Waals surface area contributed by atoms with Crippen LogP contribution in [0.25, 0.3) is 0 Å². The van der Waals surface area contributed by atoms with Crippen LogP contribution in [0.2, 0.25) is 5.02 Å². The minimum absolute atomic E-state index is 0.0192. The molecule has 1 aromatic carbocycles. The van der Waals surface area contributed by atoms with Crippen LogP contribution in [0, 0.1) is 0 Å². The molecular formula is C16H11ClF3N3O2. The number of amides is 1. The van der Waals surface area contributed by atoms with Gasteiger partial charge in [0.05, 0.1) is 12.1 Å². The molecule has 0 radical (unpaired) electrons. The van der Waals surface area contributed by atoms with Gasteiger partial charge in [-0.15, -0.1) is 0 Å². The van der Waals surface area contributed by atoms with E-state index in [0.29, 0.717) is 10.0 Å². The van der Waals surface area contributed by atoms with Crippen LogP contribution >= 0.6 is 11.6 Å². The molecule has 3 rings (SSSR count). The number of β-amino-alcohol motifs (C(OH)–C–C–N with tert-alkyl or cyclic N) is 1. The van der Waals surface area contributed by atoms with Crippen LogP contribution in [0.15, 0.2) is 53.9 Å². The van der Waals surface area contributed by atoms with E-state index < -0.39 is 29.9 Å². The van der Waals surface area contributed by atoms with Crippen LogP contribution in [-0.2, 0) is 0 Å². The number of hydrazone groups is 1. The third-order valence-corrected chi connectivity index (χ3v) is 3.97. The molecule has 25 heavy (non-hydrogen) atoms. The monoisotopic (exact) mass is 369 g/mol. The number of nitrogens with zero attached hydrogens (tertiary/aromatic N) is 3. The molecule has 130 valence electrons. The first kappa shape index (κ1) is 17.4. The number of carbonyl (C=O) groups excluding carboxylic acids is 1. The highest BCUT2D eigenvalue weighted by molar-refractivity contribution is 6.30. The number of hydrogen-bond acceptors (Lipinski definition) is 4. The predicted octanol–water partition coefficient (Wildman–Crippen LogP) is 2.89. The summed E-state index contributed by atoms with van der Waals surface area (Å²) >= 11 is 5.74. The lowest BCUT2D eigenvalue weighted by Gasteiger charge is -2.27. The quantitative estimate of drug-likeness (QED) is 0.885. The molecule has 1 unspecified atom stereocenters. The lowest BCUT2D eigenvalue weighted by molar-refractivity contribution is -0.228. The zero-order chi connectivity index (χ0) is 18.2. The summed E-state index contributed by atoms with van der Waals surface area (Å²) in [5, 5.41) is 14.9. The molecule has 2 heterocycles. The van der Waals surface area contributed by atoms with E-state index in [-0.39, 0.29) is 11.1 Å². The van der Waals surface area contributed by atoms with Crippen molar-refractivity contribution in [3.63, 3.8) is 0 Å². The molecule has 0 spiro atoms. The summed E-state index contributed by atoms with van der Waals surface area (Å²) in [6.07, 6.45) is -2.38. The second-order valence-electron chi connectivity index (χ2n) is 5.42. The van der Waals surface area contributed by atoms with Crippen molar-refractivity contribution in [2.24, 2.45) is 5.10 Å². The van der Waals surface area contributed by atoms with Crippen molar-refractivity contribution in [3.05, 3.63) is 64.9 Å². The van der Waals surface area contributed by atoms with Crippen molar-refractivity contribution in [2.75, 3.05) is 6.54 Å². The van der Waals surface area contributed by atoms with Gasteiger partial charge in [-0.25, -0.2) is 5.01 Å². The predicted molar refractivity (Wildman–Crippen MR) is 84.3 cm³/mol. The number of halogens is 4. The molecule has 9 heteroatoms. The van der Waals surface area contributed by atoms with Gasteiger partial charge in [-0.3, -0.25) is 9.78 Å². The molecule has 0 bridgehead atoms. The Kier molecular flexibility index (Phi) is 4.26. The third kappa shape index (κ3) is 3.10. The SMILES string of the molecule is O=C(c1cccnc1)N1CC(O)(C(F)(F)F)C(c2ccc(Cl)cc2)=N1. The van der Waals surface area contributed by atoms with Crippen LogP contribution in [0.4, 0.5) is 13.2 Å². The summed E-state index contributed by atoms with van der Waals surface area (Å²) in [7, 11) is 0. The van der Waals surface area contributed by atoms with Gasteiger partial charge in [0.1, 0.15) is 5.71 Å². The molecule has 1 N–H and O–H groups in total. The van der Waals surface area contributed by atoms with Gasteiger partial charge < -0.3 is 5.11 Å². The van der Waals surface area contributed by atoms with E-state index in [1.807, 2.05) is 0 Å². The number of alkyl halides is 3. The van der Waals surface area contributed by atoms with Crippen molar-refractivity contribution >= 4 is 23.2 Å². The molecule has 1 aliphatic heterocycles. The molecule has 2 aromatic rings. The maximum absolute atomic E-state index is 13.5. The molecule has 0 fully saturated rings. The van der Waals surface area contributed by atoms with Gasteiger partial charge in [0, 0.05) is 23.0 Å². The van der Waals surface area contributed by atoms with Crippen LogP contribution in [0.5, 0.6) is 0 Å². The minimum atomic E-state index is -5.02. The molecule has 1 atom stereocenters. The van der Waals surface area contributed by atoms with E-state index in [4.69, 9.17) is 11.6 Å². The summed E-state index contributed by atoms with van der Waals surface area (Å²) in [6, 6.07) is 8.23. The molecular weight excluding hydrogens is 359 g/mol. The second-order valence-corrected chi connectivity index (χ2v) is 5.85. The van der Waals surface area contributed by atoms with E-state index in [9.17, 15) is 23.1 Å². The number of aromatic nitrogens is 1. The Morgan fingerprint density at radius 1 is 1.24 bits per heavy atom. The highest BCUT2D eigenvalue weighted by Crippen LogP contribution is 2.38.